The molecule has 0 spiro atoms. The van der Waals surface area contributed by atoms with Crippen LogP contribution in [0.1, 0.15) is 11.4 Å². The highest BCUT2D eigenvalue weighted by atomic mass is 35.5. The number of carbonyl (C=O) groups excluding carboxylic acids is 1. The lowest BCUT2D eigenvalue weighted by atomic mass is 10.2. The number of rotatable bonds is 8. The minimum absolute atomic E-state index is 0.135. The van der Waals surface area contributed by atoms with Gasteiger partial charge in [-0.25, -0.2) is 4.98 Å². The zero-order chi connectivity index (χ0) is 20.8. The van der Waals surface area contributed by atoms with E-state index >= 15 is 0 Å². The first-order valence-electron chi connectivity index (χ1n) is 9.32. The summed E-state index contributed by atoms with van der Waals surface area (Å²) in [6.45, 7) is 3.58. The van der Waals surface area contributed by atoms with Crippen molar-refractivity contribution in [2.45, 2.75) is 13.5 Å². The van der Waals surface area contributed by atoms with Crippen LogP contribution in [0.25, 0.3) is 10.9 Å². The minimum atomic E-state index is -0.182. The Morgan fingerprint density at radius 2 is 2.07 bits per heavy atom. The fraction of sp³-hybridized carbons (Fsp3) is 0.286. The lowest BCUT2D eigenvalue weighted by Crippen LogP contribution is -3.12. The van der Waals surface area contributed by atoms with Gasteiger partial charge in [0.1, 0.15) is 13.1 Å². The molecule has 1 heterocycles. The molecular weight excluding hydrogens is 392 g/mol. The molecule has 0 fully saturated rings. The molecule has 0 aliphatic carbocycles. The molecule has 7 nitrogen and oxygen atoms in total. The van der Waals surface area contributed by atoms with Gasteiger partial charge in [0, 0.05) is 17.8 Å². The van der Waals surface area contributed by atoms with Crippen molar-refractivity contribution in [1.82, 2.24) is 9.97 Å². The Balaban J connectivity index is 1.74. The van der Waals surface area contributed by atoms with Crippen molar-refractivity contribution in [3.63, 3.8) is 0 Å². The summed E-state index contributed by atoms with van der Waals surface area (Å²) in [5.41, 5.74) is 2.07. The fourth-order valence-electron chi connectivity index (χ4n) is 3.13. The highest BCUT2D eigenvalue weighted by Gasteiger charge is 2.17. The van der Waals surface area contributed by atoms with Crippen LogP contribution in [0.15, 0.2) is 47.3 Å². The van der Waals surface area contributed by atoms with Gasteiger partial charge in [-0.2, -0.15) is 0 Å². The summed E-state index contributed by atoms with van der Waals surface area (Å²) in [7, 11) is 1.62. The molecule has 3 rings (SSSR count). The number of nitrogens with one attached hydrogen (secondary N) is 3. The quantitative estimate of drug-likeness (QED) is 0.521. The second-order valence-corrected chi connectivity index (χ2v) is 7.32. The van der Waals surface area contributed by atoms with E-state index in [1.807, 2.05) is 13.0 Å². The average Bonchev–Trinajstić information content (AvgIpc) is 2.68. The molecule has 2 aromatic carbocycles. The number of amides is 1. The Bertz CT molecular complexity index is 1070. The fourth-order valence-corrected chi connectivity index (χ4v) is 3.36. The molecule has 0 aliphatic rings. The summed E-state index contributed by atoms with van der Waals surface area (Å²) in [6, 6.07) is 12.5. The van der Waals surface area contributed by atoms with Gasteiger partial charge in [0.2, 0.25) is 0 Å². The smallest absolute Gasteiger partial charge is 0.279 e. The van der Waals surface area contributed by atoms with Gasteiger partial charge in [-0.3, -0.25) is 9.59 Å². The predicted molar refractivity (Wildman–Crippen MR) is 113 cm³/mol. The molecule has 1 amide bonds. The van der Waals surface area contributed by atoms with E-state index in [4.69, 9.17) is 16.3 Å². The molecule has 0 radical (unpaired) electrons. The third-order valence-electron chi connectivity index (χ3n) is 4.61. The van der Waals surface area contributed by atoms with Crippen molar-refractivity contribution < 1.29 is 14.4 Å². The van der Waals surface area contributed by atoms with Crippen LogP contribution in [0.3, 0.4) is 0 Å². The first-order chi connectivity index (χ1) is 14.0. The maximum absolute atomic E-state index is 12.6. The number of aromatic nitrogens is 2. The van der Waals surface area contributed by atoms with E-state index in [0.29, 0.717) is 41.4 Å². The third kappa shape index (κ3) is 5.63. The van der Waals surface area contributed by atoms with E-state index in [2.05, 4.69) is 15.3 Å². The van der Waals surface area contributed by atoms with Gasteiger partial charge >= 0.3 is 0 Å². The van der Waals surface area contributed by atoms with Gasteiger partial charge in [0.25, 0.3) is 11.5 Å². The van der Waals surface area contributed by atoms with Gasteiger partial charge in [-0.05, 0) is 42.8 Å². The molecule has 29 heavy (non-hydrogen) atoms. The molecule has 0 bridgehead atoms. The summed E-state index contributed by atoms with van der Waals surface area (Å²) < 4.78 is 5.18. The molecule has 8 heteroatoms. The molecule has 0 aliphatic heterocycles. The standard InChI is InChI=1S/C21H23ClN4O3/c1-14-11-15(22)7-8-17(14)24-20(27)13-26(9-10-29-2)12-19-23-18-6-4-3-5-16(18)21(28)25-19/h3-8,11H,9-10,12-13H2,1-2H3,(H,24,27)(H,23,25,28)/p+1. The summed E-state index contributed by atoms with van der Waals surface area (Å²) in [5, 5.41) is 4.09. The van der Waals surface area contributed by atoms with E-state index in [9.17, 15) is 9.59 Å². The molecule has 1 unspecified atom stereocenters. The number of benzene rings is 2. The number of hydrogen-bond donors (Lipinski definition) is 3. The summed E-state index contributed by atoms with van der Waals surface area (Å²) in [6.07, 6.45) is 0. The molecule has 1 atom stereocenters. The monoisotopic (exact) mass is 415 g/mol. The number of quaternary nitrogens is 1. The normalized spacial score (nSPS) is 12.1. The van der Waals surface area contributed by atoms with Crippen LogP contribution in [-0.4, -0.2) is 42.7 Å². The second kappa shape index (κ2) is 9.65. The number of halogens is 1. The van der Waals surface area contributed by atoms with Crippen molar-refractivity contribution >= 4 is 34.1 Å². The maximum atomic E-state index is 12.6. The first kappa shape index (κ1) is 21.0. The lowest BCUT2D eigenvalue weighted by Gasteiger charge is -2.19. The maximum Gasteiger partial charge on any atom is 0.279 e. The summed E-state index contributed by atoms with van der Waals surface area (Å²) >= 11 is 5.97. The highest BCUT2D eigenvalue weighted by Crippen LogP contribution is 2.19. The van der Waals surface area contributed by atoms with E-state index < -0.39 is 0 Å². The van der Waals surface area contributed by atoms with Gasteiger partial charge in [0.15, 0.2) is 12.4 Å². The Morgan fingerprint density at radius 1 is 1.28 bits per heavy atom. The number of ether oxygens (including phenoxy) is 1. The molecule has 3 aromatic rings. The van der Waals surface area contributed by atoms with Crippen molar-refractivity contribution in [1.29, 1.82) is 0 Å². The average molecular weight is 416 g/mol. The Morgan fingerprint density at radius 3 is 2.83 bits per heavy atom. The number of nitrogens with zero attached hydrogens (tertiary/aromatic N) is 1. The topological polar surface area (TPSA) is 88.5 Å². The first-order valence-corrected chi connectivity index (χ1v) is 9.70. The van der Waals surface area contributed by atoms with Crippen molar-refractivity contribution in [2.75, 3.05) is 32.1 Å². The van der Waals surface area contributed by atoms with Crippen LogP contribution in [0.4, 0.5) is 5.69 Å². The van der Waals surface area contributed by atoms with Gasteiger partial charge < -0.3 is 19.9 Å². The Labute approximate surface area is 173 Å². The largest absolute Gasteiger partial charge is 0.379 e. The number of carbonyl (C=O) groups is 1. The SMILES string of the molecule is COCC[NH+](CC(=O)Nc1ccc(Cl)cc1C)Cc1nc2ccccc2c(=O)[nH]1. The Kier molecular flexibility index (Phi) is 6.98. The number of fused-ring (bicyclic) bond motifs is 1. The molecule has 0 saturated heterocycles. The number of methoxy groups -OCH3 is 1. The van der Waals surface area contributed by atoms with Crippen LogP contribution in [0, 0.1) is 6.92 Å². The second-order valence-electron chi connectivity index (χ2n) is 6.88. The zero-order valence-electron chi connectivity index (χ0n) is 16.4. The number of anilines is 1. The van der Waals surface area contributed by atoms with Crippen LogP contribution < -0.4 is 15.8 Å². The van der Waals surface area contributed by atoms with Crippen LogP contribution in [0.5, 0.6) is 0 Å². The van der Waals surface area contributed by atoms with Crippen LogP contribution in [0.2, 0.25) is 5.02 Å². The molecule has 1 aromatic heterocycles. The van der Waals surface area contributed by atoms with Gasteiger partial charge in [-0.15, -0.1) is 0 Å². The van der Waals surface area contributed by atoms with Gasteiger partial charge in [-0.1, -0.05) is 23.7 Å². The number of aromatic amines is 1. The van der Waals surface area contributed by atoms with Crippen LogP contribution >= 0.6 is 11.6 Å². The Hall–Kier alpha value is -2.74. The van der Waals surface area contributed by atoms with E-state index in [-0.39, 0.29) is 18.0 Å². The predicted octanol–water partition coefficient (Wildman–Crippen LogP) is 1.55. The molecule has 152 valence electrons. The number of hydrogen-bond acceptors (Lipinski definition) is 4. The van der Waals surface area contributed by atoms with Crippen molar-refractivity contribution in [2.24, 2.45) is 0 Å². The number of H-pyrrole nitrogens is 1. The van der Waals surface area contributed by atoms with E-state index in [0.717, 1.165) is 16.2 Å². The number of aryl methyl sites for hydroxylation is 1. The summed E-state index contributed by atoms with van der Waals surface area (Å²) in [4.78, 5) is 33.2. The zero-order valence-corrected chi connectivity index (χ0v) is 17.2. The molecular formula is C21H24ClN4O3+. The van der Waals surface area contributed by atoms with E-state index in [1.54, 1.807) is 43.5 Å². The molecule has 3 N–H and O–H groups in total. The third-order valence-corrected chi connectivity index (χ3v) is 4.85. The minimum Gasteiger partial charge on any atom is -0.379 e. The number of para-hydroxylation sites is 1. The lowest BCUT2D eigenvalue weighted by molar-refractivity contribution is -0.906. The summed E-state index contributed by atoms with van der Waals surface area (Å²) in [5.74, 6) is 0.403. The van der Waals surface area contributed by atoms with Gasteiger partial charge in [0.05, 0.1) is 17.5 Å². The van der Waals surface area contributed by atoms with Crippen molar-refractivity contribution in [3.05, 3.63) is 69.2 Å². The van der Waals surface area contributed by atoms with E-state index in [1.165, 1.54) is 0 Å². The molecule has 0 saturated carbocycles. The van der Waals surface area contributed by atoms with Crippen LogP contribution in [-0.2, 0) is 16.1 Å². The van der Waals surface area contributed by atoms with Crippen molar-refractivity contribution in [3.8, 4) is 0 Å². The highest BCUT2D eigenvalue weighted by molar-refractivity contribution is 6.30.